The highest BCUT2D eigenvalue weighted by atomic mass is 15.2. The van der Waals surface area contributed by atoms with Crippen LogP contribution in [0.1, 0.15) is 0 Å². The van der Waals surface area contributed by atoms with Gasteiger partial charge in [-0.15, -0.1) is 0 Å². The molecular formula is C76H54N4. The number of rotatable bonds is 13. The lowest BCUT2D eigenvalue weighted by atomic mass is 10.0. The van der Waals surface area contributed by atoms with Gasteiger partial charge in [0.05, 0.1) is 11.4 Å². The Labute approximate surface area is 467 Å². The van der Waals surface area contributed by atoms with Crippen molar-refractivity contribution in [3.8, 4) is 11.1 Å². The van der Waals surface area contributed by atoms with Gasteiger partial charge in [-0.3, -0.25) is 0 Å². The molecule has 0 fully saturated rings. The molecule has 0 saturated carbocycles. The Morgan fingerprint density at radius 2 is 0.412 bits per heavy atom. The van der Waals surface area contributed by atoms with E-state index in [2.05, 4.69) is 347 Å². The average Bonchev–Trinajstić information content (AvgIpc) is 3.58. The first-order chi connectivity index (χ1) is 39.7. The summed E-state index contributed by atoms with van der Waals surface area (Å²) in [5, 5.41) is 9.61. The number of anilines is 12. The maximum atomic E-state index is 2.39. The van der Waals surface area contributed by atoms with Crippen LogP contribution in [0.15, 0.2) is 328 Å². The topological polar surface area (TPSA) is 13.0 Å². The van der Waals surface area contributed by atoms with Crippen LogP contribution in [0.25, 0.3) is 54.2 Å². The molecule has 80 heavy (non-hydrogen) atoms. The van der Waals surface area contributed by atoms with Crippen molar-refractivity contribution in [2.45, 2.75) is 0 Å². The van der Waals surface area contributed by atoms with Crippen LogP contribution < -0.4 is 19.6 Å². The van der Waals surface area contributed by atoms with Gasteiger partial charge in [0.2, 0.25) is 0 Å². The van der Waals surface area contributed by atoms with E-state index in [0.29, 0.717) is 0 Å². The number of benzene rings is 14. The summed E-state index contributed by atoms with van der Waals surface area (Å²) in [5.41, 5.74) is 15.4. The van der Waals surface area contributed by atoms with Crippen LogP contribution in [0.2, 0.25) is 0 Å². The van der Waals surface area contributed by atoms with Crippen LogP contribution in [0, 0.1) is 0 Å². The molecule has 14 rings (SSSR count). The maximum Gasteiger partial charge on any atom is 0.0540 e. The van der Waals surface area contributed by atoms with Crippen molar-refractivity contribution in [1.82, 2.24) is 0 Å². The molecule has 0 aliphatic heterocycles. The number of hydrogen-bond acceptors (Lipinski definition) is 4. The Hall–Kier alpha value is -10.7. The molecule has 0 unspecified atom stereocenters. The van der Waals surface area contributed by atoms with Gasteiger partial charge in [0.15, 0.2) is 0 Å². The molecule has 14 aromatic carbocycles. The van der Waals surface area contributed by atoms with E-state index in [1.165, 1.54) is 43.1 Å². The highest BCUT2D eigenvalue weighted by Crippen LogP contribution is 2.45. The summed E-state index contributed by atoms with van der Waals surface area (Å²) in [6.07, 6.45) is 0. The van der Waals surface area contributed by atoms with E-state index in [4.69, 9.17) is 0 Å². The maximum absolute atomic E-state index is 2.39. The van der Waals surface area contributed by atoms with Crippen LogP contribution in [0.3, 0.4) is 0 Å². The third-order valence-electron chi connectivity index (χ3n) is 15.3. The molecule has 0 radical (unpaired) electrons. The SMILES string of the molecule is c1ccc(N(c2ccc(N(c3ccc(-c4ccc(N(c5ccc(N(c6ccccc6)c6ccc7ccccc7c6)cc5)c5cccc6ccccc56)cc4)cc3)c3cccc4ccccc34)cc2)c2ccc3ccccc3c2)cc1. The van der Waals surface area contributed by atoms with Gasteiger partial charge in [-0.05, 0) is 177 Å². The minimum Gasteiger partial charge on any atom is -0.310 e. The van der Waals surface area contributed by atoms with Crippen molar-refractivity contribution in [2.24, 2.45) is 0 Å². The highest BCUT2D eigenvalue weighted by Gasteiger charge is 2.21. The summed E-state index contributed by atoms with van der Waals surface area (Å²) < 4.78 is 0. The molecule has 0 atom stereocenters. The zero-order valence-electron chi connectivity index (χ0n) is 44.0. The molecule has 0 heterocycles. The summed E-state index contributed by atoms with van der Waals surface area (Å²) in [6.45, 7) is 0. The zero-order chi connectivity index (χ0) is 53.2. The number of para-hydroxylation sites is 2. The fraction of sp³-hybridized carbons (Fsp3) is 0. The first-order valence-electron chi connectivity index (χ1n) is 27.3. The second kappa shape index (κ2) is 21.0. The molecule has 4 heteroatoms. The Kier molecular flexibility index (Phi) is 12.6. The van der Waals surface area contributed by atoms with Crippen molar-refractivity contribution in [3.63, 3.8) is 0 Å². The van der Waals surface area contributed by atoms with Gasteiger partial charge in [0.1, 0.15) is 0 Å². The zero-order valence-corrected chi connectivity index (χ0v) is 44.0. The Bertz CT molecular complexity index is 4160. The van der Waals surface area contributed by atoms with Gasteiger partial charge in [-0.1, -0.05) is 194 Å². The minimum atomic E-state index is 1.07. The number of fused-ring (bicyclic) bond motifs is 4. The quantitative estimate of drug-likeness (QED) is 0.114. The van der Waals surface area contributed by atoms with Gasteiger partial charge >= 0.3 is 0 Å². The predicted octanol–water partition coefficient (Wildman–Crippen LogP) is 21.8. The lowest BCUT2D eigenvalue weighted by Gasteiger charge is -2.29. The summed E-state index contributed by atoms with van der Waals surface area (Å²) in [7, 11) is 0. The van der Waals surface area contributed by atoms with Crippen LogP contribution in [-0.2, 0) is 0 Å². The minimum absolute atomic E-state index is 1.07. The smallest absolute Gasteiger partial charge is 0.0540 e. The van der Waals surface area contributed by atoms with Crippen LogP contribution in [-0.4, -0.2) is 0 Å². The Balaban J connectivity index is 0.807. The normalized spacial score (nSPS) is 11.2. The second-order valence-electron chi connectivity index (χ2n) is 20.2. The molecule has 0 amide bonds. The molecule has 4 nitrogen and oxygen atoms in total. The molecule has 0 aliphatic rings. The molecule has 0 aliphatic carbocycles. The van der Waals surface area contributed by atoms with Crippen LogP contribution >= 0.6 is 0 Å². The van der Waals surface area contributed by atoms with E-state index in [1.807, 2.05) is 0 Å². The molecule has 378 valence electrons. The summed E-state index contributed by atoms with van der Waals surface area (Å²) in [4.78, 5) is 9.44. The Morgan fingerprint density at radius 3 is 0.787 bits per heavy atom. The van der Waals surface area contributed by atoms with Crippen molar-refractivity contribution in [1.29, 1.82) is 0 Å². The first kappa shape index (κ1) is 47.7. The molecule has 0 bridgehead atoms. The summed E-state index contributed by atoms with van der Waals surface area (Å²) in [5.74, 6) is 0. The Morgan fingerprint density at radius 1 is 0.150 bits per heavy atom. The molecule has 0 aromatic heterocycles. The predicted molar refractivity (Wildman–Crippen MR) is 341 cm³/mol. The van der Waals surface area contributed by atoms with Crippen molar-refractivity contribution < 1.29 is 0 Å². The first-order valence-corrected chi connectivity index (χ1v) is 27.3. The summed E-state index contributed by atoms with van der Waals surface area (Å²) >= 11 is 0. The fourth-order valence-corrected chi connectivity index (χ4v) is 11.4. The van der Waals surface area contributed by atoms with Gasteiger partial charge < -0.3 is 19.6 Å². The molecule has 0 spiro atoms. The number of hydrogen-bond donors (Lipinski definition) is 0. The lowest BCUT2D eigenvalue weighted by Crippen LogP contribution is -2.12. The largest absolute Gasteiger partial charge is 0.310 e. The van der Waals surface area contributed by atoms with Crippen molar-refractivity contribution in [3.05, 3.63) is 328 Å². The molecular weight excluding hydrogens is 969 g/mol. The van der Waals surface area contributed by atoms with Gasteiger partial charge in [0.25, 0.3) is 0 Å². The van der Waals surface area contributed by atoms with Crippen LogP contribution in [0.5, 0.6) is 0 Å². The fourth-order valence-electron chi connectivity index (χ4n) is 11.4. The van der Waals surface area contributed by atoms with Gasteiger partial charge in [-0.25, -0.2) is 0 Å². The van der Waals surface area contributed by atoms with E-state index in [9.17, 15) is 0 Å². The summed E-state index contributed by atoms with van der Waals surface area (Å²) in [6, 6.07) is 118. The third kappa shape index (κ3) is 9.21. The monoisotopic (exact) mass is 1020 g/mol. The standard InChI is InChI=1S/C76H54N4/c1-3-25-63(26-4-1)77(71-43-37-55-17-7-9-21-61(55)53-71)65-45-49-69(50-46-65)79(75-31-15-23-59-19-11-13-29-73(59)75)67-39-33-57(34-40-67)58-35-41-68(42-36-58)80(76-32-16-24-60-20-12-14-30-74(60)76)70-51-47-66(48-52-70)78(64-27-5-2-6-28-64)72-44-38-56-18-8-10-22-62(56)54-72/h1-54H. The van der Waals surface area contributed by atoms with Crippen molar-refractivity contribution >= 4 is 111 Å². The van der Waals surface area contributed by atoms with Crippen LogP contribution in [0.4, 0.5) is 68.2 Å². The molecule has 0 N–H and O–H groups in total. The van der Waals surface area contributed by atoms with E-state index >= 15 is 0 Å². The van der Waals surface area contributed by atoms with E-state index in [-0.39, 0.29) is 0 Å². The average molecular weight is 1020 g/mol. The third-order valence-corrected chi connectivity index (χ3v) is 15.3. The van der Waals surface area contributed by atoms with E-state index < -0.39 is 0 Å². The van der Waals surface area contributed by atoms with E-state index in [1.54, 1.807) is 0 Å². The number of nitrogens with zero attached hydrogens (tertiary/aromatic N) is 4. The van der Waals surface area contributed by atoms with Crippen molar-refractivity contribution in [2.75, 3.05) is 19.6 Å². The van der Waals surface area contributed by atoms with Gasteiger partial charge in [-0.2, -0.15) is 0 Å². The second-order valence-corrected chi connectivity index (χ2v) is 20.2. The molecule has 14 aromatic rings. The molecule has 0 saturated heterocycles. The van der Waals surface area contributed by atoms with Gasteiger partial charge in [0, 0.05) is 67.6 Å². The van der Waals surface area contributed by atoms with E-state index in [0.717, 1.165) is 79.4 Å². The lowest BCUT2D eigenvalue weighted by molar-refractivity contribution is 1.26. The highest BCUT2D eigenvalue weighted by molar-refractivity contribution is 6.01.